The summed E-state index contributed by atoms with van der Waals surface area (Å²) >= 11 is 0. The highest BCUT2D eigenvalue weighted by Crippen LogP contribution is 2.36. The Bertz CT molecular complexity index is 1430. The second kappa shape index (κ2) is 15.9. The van der Waals surface area contributed by atoms with Crippen molar-refractivity contribution in [2.45, 2.75) is 72.8 Å². The van der Waals surface area contributed by atoms with Crippen LogP contribution in [0.2, 0.25) is 0 Å². The number of carbonyl (C=O) groups is 2. The fraction of sp³-hybridized carbons (Fsp3) is 0.486. The van der Waals surface area contributed by atoms with Crippen LogP contribution in [0.4, 0.5) is 0 Å². The Labute approximate surface area is 275 Å². The van der Waals surface area contributed by atoms with Gasteiger partial charge in [0, 0.05) is 51.2 Å². The molecule has 0 radical (unpaired) electrons. The first kappa shape index (κ1) is 33.9. The Balaban J connectivity index is 1.20. The molecule has 252 valence electrons. The molecule has 2 aliphatic heterocycles. The summed E-state index contributed by atoms with van der Waals surface area (Å²) in [7, 11) is 3.24. The average Bonchev–Trinajstić information content (AvgIpc) is 3.06. The fourth-order valence-electron chi connectivity index (χ4n) is 5.64. The first-order valence-electron chi connectivity index (χ1n) is 15.9. The number of hydrogen-bond acceptors (Lipinski definition) is 12. The van der Waals surface area contributed by atoms with Crippen LogP contribution in [0.5, 0.6) is 35.0 Å². The SMILES string of the molecule is COc1cc(OCc2cccc(COc3cc(OC)c4c(n3)OCN(CCCC(C)=O)C4)c2C)nc2c1CN(CCCC(C)=O)CO2. The lowest BCUT2D eigenvalue weighted by Crippen LogP contribution is -2.33. The van der Waals surface area contributed by atoms with Crippen LogP contribution < -0.4 is 28.4 Å². The van der Waals surface area contributed by atoms with E-state index in [1.54, 1.807) is 40.2 Å². The standard InChI is InChI=1S/C35H44N4O8/c1-23(40)9-7-13-38-17-28-30(42-4)15-32(36-34(28)46-21-38)44-19-26-11-6-12-27(25(26)3)20-45-33-16-31(43-5)29-18-39(14-8-10-24(2)41)22-47-35(29)37-33/h6,11-12,15-16H,7-10,13-14,17-22H2,1-5H3. The zero-order chi connectivity index (χ0) is 33.3. The number of ketones is 2. The predicted octanol–water partition coefficient (Wildman–Crippen LogP) is 5.00. The van der Waals surface area contributed by atoms with E-state index < -0.39 is 0 Å². The van der Waals surface area contributed by atoms with E-state index in [0.29, 0.717) is 87.6 Å². The van der Waals surface area contributed by atoms with E-state index in [1.807, 2.05) is 25.1 Å². The zero-order valence-corrected chi connectivity index (χ0v) is 27.9. The van der Waals surface area contributed by atoms with Crippen molar-refractivity contribution >= 4 is 11.6 Å². The van der Waals surface area contributed by atoms with E-state index in [4.69, 9.17) is 28.4 Å². The number of ether oxygens (including phenoxy) is 6. The first-order valence-corrected chi connectivity index (χ1v) is 15.9. The van der Waals surface area contributed by atoms with Gasteiger partial charge in [0.1, 0.15) is 49.7 Å². The minimum atomic E-state index is 0.187. The number of pyridine rings is 2. The van der Waals surface area contributed by atoms with Crippen molar-refractivity contribution in [1.82, 2.24) is 19.8 Å². The molecule has 0 saturated heterocycles. The number of hydrogen-bond donors (Lipinski definition) is 0. The van der Waals surface area contributed by atoms with Gasteiger partial charge in [0.25, 0.3) is 0 Å². The molecule has 0 fully saturated rings. The predicted molar refractivity (Wildman–Crippen MR) is 173 cm³/mol. The van der Waals surface area contributed by atoms with Crippen LogP contribution in [0.3, 0.4) is 0 Å². The monoisotopic (exact) mass is 648 g/mol. The van der Waals surface area contributed by atoms with Gasteiger partial charge in [-0.15, -0.1) is 0 Å². The quantitative estimate of drug-likeness (QED) is 0.208. The molecule has 0 saturated carbocycles. The number of carbonyl (C=O) groups excluding carboxylic acids is 2. The molecule has 0 bridgehead atoms. The summed E-state index contributed by atoms with van der Waals surface area (Å²) in [5, 5.41) is 0. The Hall–Kier alpha value is -4.42. The van der Waals surface area contributed by atoms with Crippen molar-refractivity contribution in [2.75, 3.05) is 40.8 Å². The summed E-state index contributed by atoms with van der Waals surface area (Å²) in [5.74, 6) is 3.50. The number of Topliss-reactive ketones (excluding diaryl/α,β-unsaturated/α-hetero) is 2. The summed E-state index contributed by atoms with van der Waals surface area (Å²) in [6.07, 6.45) is 2.67. The third-order valence-electron chi connectivity index (χ3n) is 8.33. The molecular weight excluding hydrogens is 604 g/mol. The van der Waals surface area contributed by atoms with Gasteiger partial charge in [-0.1, -0.05) is 18.2 Å². The molecule has 3 aromatic rings. The minimum absolute atomic E-state index is 0.187. The zero-order valence-electron chi connectivity index (χ0n) is 27.9. The van der Waals surface area contributed by atoms with Crippen molar-refractivity contribution < 1.29 is 38.0 Å². The van der Waals surface area contributed by atoms with Gasteiger partial charge in [-0.25, -0.2) is 0 Å². The third-order valence-corrected chi connectivity index (χ3v) is 8.33. The van der Waals surface area contributed by atoms with Gasteiger partial charge in [-0.3, -0.25) is 9.80 Å². The molecule has 0 N–H and O–H groups in total. The molecule has 5 rings (SSSR count). The molecule has 2 aromatic heterocycles. The molecule has 12 nitrogen and oxygen atoms in total. The number of nitrogens with zero attached hydrogens (tertiary/aromatic N) is 4. The number of methoxy groups -OCH3 is 2. The highest BCUT2D eigenvalue weighted by molar-refractivity contribution is 5.75. The molecule has 1 aromatic carbocycles. The van der Waals surface area contributed by atoms with Gasteiger partial charge in [0.2, 0.25) is 23.5 Å². The van der Waals surface area contributed by atoms with Crippen molar-refractivity contribution in [3.63, 3.8) is 0 Å². The van der Waals surface area contributed by atoms with Gasteiger partial charge < -0.3 is 38.0 Å². The summed E-state index contributed by atoms with van der Waals surface area (Å²) in [4.78, 5) is 36.1. The second-order valence-electron chi connectivity index (χ2n) is 11.9. The highest BCUT2D eigenvalue weighted by Gasteiger charge is 2.25. The summed E-state index contributed by atoms with van der Waals surface area (Å²) in [6.45, 7) is 9.40. The van der Waals surface area contributed by atoms with Crippen LogP contribution in [0, 0.1) is 6.92 Å². The Morgan fingerprint density at radius 2 is 1.21 bits per heavy atom. The molecule has 0 unspecified atom stereocenters. The van der Waals surface area contributed by atoms with Gasteiger partial charge in [-0.2, -0.15) is 9.97 Å². The van der Waals surface area contributed by atoms with Crippen LogP contribution in [0.15, 0.2) is 30.3 Å². The van der Waals surface area contributed by atoms with E-state index in [0.717, 1.165) is 53.7 Å². The lowest BCUT2D eigenvalue weighted by atomic mass is 10.0. The van der Waals surface area contributed by atoms with Crippen molar-refractivity contribution in [3.8, 4) is 35.0 Å². The van der Waals surface area contributed by atoms with Gasteiger partial charge in [0.15, 0.2) is 0 Å². The number of benzene rings is 1. The molecule has 0 amide bonds. The van der Waals surface area contributed by atoms with Crippen molar-refractivity contribution in [1.29, 1.82) is 0 Å². The lowest BCUT2D eigenvalue weighted by molar-refractivity contribution is -0.118. The molecule has 0 atom stereocenters. The average molecular weight is 649 g/mol. The summed E-state index contributed by atoms with van der Waals surface area (Å²) in [6, 6.07) is 9.57. The first-order chi connectivity index (χ1) is 22.7. The molecule has 2 aliphatic rings. The van der Waals surface area contributed by atoms with Crippen molar-refractivity contribution in [2.24, 2.45) is 0 Å². The Morgan fingerprint density at radius 3 is 1.62 bits per heavy atom. The molecule has 47 heavy (non-hydrogen) atoms. The Morgan fingerprint density at radius 1 is 0.766 bits per heavy atom. The maximum Gasteiger partial charge on any atom is 0.226 e. The number of fused-ring (bicyclic) bond motifs is 2. The molecule has 0 aliphatic carbocycles. The summed E-state index contributed by atoms with van der Waals surface area (Å²) < 4.78 is 35.5. The Kier molecular flexibility index (Phi) is 11.5. The second-order valence-corrected chi connectivity index (χ2v) is 11.9. The number of aromatic nitrogens is 2. The maximum atomic E-state index is 11.3. The molecule has 12 heteroatoms. The minimum Gasteiger partial charge on any atom is -0.496 e. The summed E-state index contributed by atoms with van der Waals surface area (Å²) in [5.41, 5.74) is 4.75. The van der Waals surface area contributed by atoms with Crippen LogP contribution in [-0.2, 0) is 35.9 Å². The van der Waals surface area contributed by atoms with Crippen LogP contribution >= 0.6 is 0 Å². The van der Waals surface area contributed by atoms with E-state index in [2.05, 4.69) is 19.8 Å². The van der Waals surface area contributed by atoms with Crippen molar-refractivity contribution in [3.05, 3.63) is 58.1 Å². The van der Waals surface area contributed by atoms with E-state index >= 15 is 0 Å². The van der Waals surface area contributed by atoms with E-state index in [1.165, 1.54) is 0 Å². The normalized spacial score (nSPS) is 14.3. The van der Waals surface area contributed by atoms with Crippen LogP contribution in [0.1, 0.15) is 67.3 Å². The van der Waals surface area contributed by atoms with E-state index in [9.17, 15) is 9.59 Å². The third kappa shape index (κ3) is 8.89. The highest BCUT2D eigenvalue weighted by atomic mass is 16.5. The van der Waals surface area contributed by atoms with Gasteiger partial charge >= 0.3 is 0 Å². The number of rotatable bonds is 16. The van der Waals surface area contributed by atoms with Crippen LogP contribution in [0.25, 0.3) is 0 Å². The molecular formula is C35H44N4O8. The fourth-order valence-corrected chi connectivity index (χ4v) is 5.64. The van der Waals surface area contributed by atoms with E-state index in [-0.39, 0.29) is 11.6 Å². The largest absolute Gasteiger partial charge is 0.496 e. The van der Waals surface area contributed by atoms with Gasteiger partial charge in [-0.05, 0) is 50.3 Å². The maximum absolute atomic E-state index is 11.3. The topological polar surface area (TPSA) is 122 Å². The smallest absolute Gasteiger partial charge is 0.226 e. The lowest BCUT2D eigenvalue weighted by Gasteiger charge is -2.29. The molecule has 4 heterocycles. The van der Waals surface area contributed by atoms with Gasteiger partial charge in [0.05, 0.1) is 25.3 Å². The van der Waals surface area contributed by atoms with Crippen LogP contribution in [-0.4, -0.2) is 72.1 Å². The molecule has 0 spiro atoms.